The SMILES string of the molecule is Cc1nnc(-c2ccc3[nH]ncc3c2)o1. The number of nitrogens with one attached hydrogen (secondary N) is 1. The number of rotatable bonds is 1. The van der Waals surface area contributed by atoms with Crippen LogP contribution in [0, 0.1) is 6.92 Å². The molecule has 0 aliphatic heterocycles. The van der Waals surface area contributed by atoms with E-state index in [1.165, 1.54) is 0 Å². The van der Waals surface area contributed by atoms with Crippen molar-refractivity contribution in [3.63, 3.8) is 0 Å². The second kappa shape index (κ2) is 2.91. The van der Waals surface area contributed by atoms with Gasteiger partial charge in [0.15, 0.2) is 0 Å². The monoisotopic (exact) mass is 200 g/mol. The van der Waals surface area contributed by atoms with Crippen LogP contribution in [0.15, 0.2) is 28.8 Å². The number of aromatic nitrogens is 4. The van der Waals surface area contributed by atoms with Crippen LogP contribution in [0.5, 0.6) is 0 Å². The minimum Gasteiger partial charge on any atom is -0.421 e. The first kappa shape index (κ1) is 8.16. The summed E-state index contributed by atoms with van der Waals surface area (Å²) in [6.07, 6.45) is 1.77. The molecule has 15 heavy (non-hydrogen) atoms. The van der Waals surface area contributed by atoms with Crippen molar-refractivity contribution in [2.24, 2.45) is 0 Å². The molecule has 0 bridgehead atoms. The van der Waals surface area contributed by atoms with Crippen molar-refractivity contribution in [2.45, 2.75) is 6.92 Å². The van der Waals surface area contributed by atoms with Crippen molar-refractivity contribution in [1.29, 1.82) is 0 Å². The van der Waals surface area contributed by atoms with Gasteiger partial charge >= 0.3 is 0 Å². The molecule has 0 radical (unpaired) electrons. The number of H-pyrrole nitrogens is 1. The fourth-order valence-corrected chi connectivity index (χ4v) is 1.49. The molecule has 5 nitrogen and oxygen atoms in total. The highest BCUT2D eigenvalue weighted by atomic mass is 16.4. The van der Waals surface area contributed by atoms with Gasteiger partial charge in [-0.2, -0.15) is 5.10 Å². The third kappa shape index (κ3) is 1.28. The maximum atomic E-state index is 5.34. The van der Waals surface area contributed by atoms with Gasteiger partial charge in [-0.25, -0.2) is 0 Å². The van der Waals surface area contributed by atoms with Crippen LogP contribution in [-0.4, -0.2) is 20.4 Å². The number of hydrogen-bond donors (Lipinski definition) is 1. The maximum absolute atomic E-state index is 5.34. The molecule has 0 fully saturated rings. The van der Waals surface area contributed by atoms with Crippen molar-refractivity contribution in [2.75, 3.05) is 0 Å². The molecule has 1 N–H and O–H groups in total. The van der Waals surface area contributed by atoms with E-state index in [0.29, 0.717) is 11.8 Å². The number of hydrogen-bond acceptors (Lipinski definition) is 4. The van der Waals surface area contributed by atoms with E-state index in [1.807, 2.05) is 18.2 Å². The van der Waals surface area contributed by atoms with E-state index in [4.69, 9.17) is 4.42 Å². The van der Waals surface area contributed by atoms with Gasteiger partial charge in [-0.3, -0.25) is 5.10 Å². The molecular formula is C10H8N4O. The molecule has 0 atom stereocenters. The van der Waals surface area contributed by atoms with Gasteiger partial charge in [-0.05, 0) is 18.2 Å². The third-order valence-electron chi connectivity index (χ3n) is 2.21. The Hall–Kier alpha value is -2.17. The van der Waals surface area contributed by atoms with Crippen molar-refractivity contribution in [1.82, 2.24) is 20.4 Å². The predicted octanol–water partition coefficient (Wildman–Crippen LogP) is 1.92. The van der Waals surface area contributed by atoms with Gasteiger partial charge in [-0.15, -0.1) is 10.2 Å². The highest BCUT2D eigenvalue weighted by molar-refractivity contribution is 5.82. The first-order chi connectivity index (χ1) is 7.33. The number of nitrogens with zero attached hydrogens (tertiary/aromatic N) is 3. The molecule has 2 heterocycles. The van der Waals surface area contributed by atoms with E-state index in [1.54, 1.807) is 13.1 Å². The Bertz CT molecular complexity index is 610. The van der Waals surface area contributed by atoms with Crippen LogP contribution < -0.4 is 0 Å². The first-order valence-electron chi connectivity index (χ1n) is 4.56. The summed E-state index contributed by atoms with van der Waals surface area (Å²) in [6.45, 7) is 1.77. The topological polar surface area (TPSA) is 67.6 Å². The fraction of sp³-hybridized carbons (Fsp3) is 0.100. The van der Waals surface area contributed by atoms with Crippen molar-refractivity contribution >= 4 is 10.9 Å². The third-order valence-corrected chi connectivity index (χ3v) is 2.21. The van der Waals surface area contributed by atoms with E-state index >= 15 is 0 Å². The van der Waals surface area contributed by atoms with Gasteiger partial charge in [0.25, 0.3) is 0 Å². The molecule has 74 valence electrons. The zero-order chi connectivity index (χ0) is 10.3. The van der Waals surface area contributed by atoms with Crippen LogP contribution in [0.1, 0.15) is 5.89 Å². The summed E-state index contributed by atoms with van der Waals surface area (Å²) in [4.78, 5) is 0. The standard InChI is InChI=1S/C10H8N4O/c1-6-12-14-10(15-6)7-2-3-9-8(4-7)5-11-13-9/h2-5H,1H3,(H,11,13). The summed E-state index contributed by atoms with van der Waals surface area (Å²) in [5.41, 5.74) is 1.90. The Balaban J connectivity index is 2.18. The summed E-state index contributed by atoms with van der Waals surface area (Å²) < 4.78 is 5.34. The van der Waals surface area contributed by atoms with Crippen molar-refractivity contribution in [3.05, 3.63) is 30.3 Å². The number of aromatic amines is 1. The van der Waals surface area contributed by atoms with Crippen LogP contribution in [0.2, 0.25) is 0 Å². The molecule has 0 aliphatic carbocycles. The molecule has 3 aromatic rings. The van der Waals surface area contributed by atoms with E-state index < -0.39 is 0 Å². The van der Waals surface area contributed by atoms with Gasteiger partial charge in [0.1, 0.15) is 0 Å². The van der Waals surface area contributed by atoms with E-state index in [-0.39, 0.29) is 0 Å². The predicted molar refractivity (Wildman–Crippen MR) is 54.1 cm³/mol. The molecule has 0 unspecified atom stereocenters. The second-order valence-electron chi connectivity index (χ2n) is 3.30. The Morgan fingerprint density at radius 3 is 3.00 bits per heavy atom. The Morgan fingerprint density at radius 1 is 1.27 bits per heavy atom. The van der Waals surface area contributed by atoms with Crippen molar-refractivity contribution < 1.29 is 4.42 Å². The highest BCUT2D eigenvalue weighted by Gasteiger charge is 2.06. The molecule has 0 amide bonds. The first-order valence-corrected chi connectivity index (χ1v) is 4.56. The largest absolute Gasteiger partial charge is 0.421 e. The Kier molecular flexibility index (Phi) is 1.58. The summed E-state index contributed by atoms with van der Waals surface area (Å²) in [5.74, 6) is 1.10. The smallest absolute Gasteiger partial charge is 0.247 e. The molecule has 5 heteroatoms. The lowest BCUT2D eigenvalue weighted by Gasteiger charge is -1.93. The summed E-state index contributed by atoms with van der Waals surface area (Å²) in [6, 6.07) is 5.83. The molecule has 0 spiro atoms. The average Bonchev–Trinajstić information content (AvgIpc) is 2.84. The van der Waals surface area contributed by atoms with Gasteiger partial charge in [0.05, 0.1) is 11.7 Å². The lowest BCUT2D eigenvalue weighted by Crippen LogP contribution is -1.77. The second-order valence-corrected chi connectivity index (χ2v) is 3.30. The van der Waals surface area contributed by atoms with E-state index in [2.05, 4.69) is 20.4 Å². The normalized spacial score (nSPS) is 11.0. The minimum atomic E-state index is 0.538. The van der Waals surface area contributed by atoms with E-state index in [9.17, 15) is 0 Å². The quantitative estimate of drug-likeness (QED) is 0.651. The number of benzene rings is 1. The zero-order valence-corrected chi connectivity index (χ0v) is 8.06. The van der Waals surface area contributed by atoms with Gasteiger partial charge in [-0.1, -0.05) is 0 Å². The summed E-state index contributed by atoms with van der Waals surface area (Å²) in [7, 11) is 0. The van der Waals surface area contributed by atoms with E-state index in [0.717, 1.165) is 16.5 Å². The number of aryl methyl sites for hydroxylation is 1. The molecule has 0 aliphatic rings. The summed E-state index contributed by atoms with van der Waals surface area (Å²) >= 11 is 0. The Labute approximate surface area is 85.1 Å². The lowest BCUT2D eigenvalue weighted by molar-refractivity contribution is 0.533. The zero-order valence-electron chi connectivity index (χ0n) is 8.06. The average molecular weight is 200 g/mol. The van der Waals surface area contributed by atoms with Crippen LogP contribution in [0.25, 0.3) is 22.4 Å². The van der Waals surface area contributed by atoms with Gasteiger partial charge in [0.2, 0.25) is 11.8 Å². The Morgan fingerprint density at radius 2 is 2.20 bits per heavy atom. The highest BCUT2D eigenvalue weighted by Crippen LogP contribution is 2.21. The molecule has 3 rings (SSSR count). The van der Waals surface area contributed by atoms with Crippen LogP contribution in [-0.2, 0) is 0 Å². The van der Waals surface area contributed by atoms with Crippen LogP contribution in [0.3, 0.4) is 0 Å². The number of fused-ring (bicyclic) bond motifs is 1. The van der Waals surface area contributed by atoms with Gasteiger partial charge < -0.3 is 4.42 Å². The van der Waals surface area contributed by atoms with Crippen LogP contribution in [0.4, 0.5) is 0 Å². The minimum absolute atomic E-state index is 0.538. The maximum Gasteiger partial charge on any atom is 0.247 e. The van der Waals surface area contributed by atoms with Crippen molar-refractivity contribution in [3.8, 4) is 11.5 Å². The summed E-state index contributed by atoms with van der Waals surface area (Å²) in [5, 5.41) is 15.6. The lowest BCUT2D eigenvalue weighted by atomic mass is 10.1. The van der Waals surface area contributed by atoms with Gasteiger partial charge in [0, 0.05) is 17.9 Å². The van der Waals surface area contributed by atoms with Crippen LogP contribution >= 0.6 is 0 Å². The molecule has 0 saturated carbocycles. The molecule has 0 saturated heterocycles. The fourth-order valence-electron chi connectivity index (χ4n) is 1.49. The molecule has 2 aromatic heterocycles. The molecule has 1 aromatic carbocycles. The molecular weight excluding hydrogens is 192 g/mol.